The average Bonchev–Trinajstić information content (AvgIpc) is 2.86. The Morgan fingerprint density at radius 3 is 2.58 bits per heavy atom. The van der Waals surface area contributed by atoms with Crippen molar-refractivity contribution >= 4 is 27.7 Å². The number of phenolic OH excluding ortho intramolecular Hbond substituents is 1. The first kappa shape index (κ1) is 26.0. The highest BCUT2D eigenvalue weighted by atomic mass is 79.9. The zero-order valence-corrected chi connectivity index (χ0v) is 22.2. The molecule has 0 saturated heterocycles. The van der Waals surface area contributed by atoms with E-state index in [0.29, 0.717) is 46.3 Å². The molecule has 0 saturated carbocycles. The van der Waals surface area contributed by atoms with E-state index in [2.05, 4.69) is 21.2 Å². The molecule has 0 radical (unpaired) electrons. The van der Waals surface area contributed by atoms with Gasteiger partial charge in [0.05, 0.1) is 23.3 Å². The van der Waals surface area contributed by atoms with Crippen LogP contribution in [0.5, 0.6) is 11.5 Å². The number of methoxy groups -OCH3 is 1. The van der Waals surface area contributed by atoms with E-state index in [1.54, 1.807) is 12.1 Å². The van der Waals surface area contributed by atoms with Crippen molar-refractivity contribution in [2.24, 2.45) is 0 Å². The van der Waals surface area contributed by atoms with Crippen LogP contribution in [-0.4, -0.2) is 43.8 Å². The maximum atomic E-state index is 13.7. The molecule has 190 valence electrons. The molecule has 0 aromatic heterocycles. The molecule has 0 bridgehead atoms. The molecule has 0 amide bonds. The van der Waals surface area contributed by atoms with E-state index in [-0.39, 0.29) is 36.4 Å². The lowest BCUT2D eigenvalue weighted by Crippen LogP contribution is -2.36. The molecular weight excluding hydrogens is 526 g/mol. The van der Waals surface area contributed by atoms with Crippen molar-refractivity contribution in [1.82, 2.24) is 5.32 Å². The first-order chi connectivity index (χ1) is 17.3. The number of aromatic hydroxyl groups is 1. The summed E-state index contributed by atoms with van der Waals surface area (Å²) in [5.41, 5.74) is 4.10. The van der Waals surface area contributed by atoms with Gasteiger partial charge in [0.25, 0.3) is 0 Å². The van der Waals surface area contributed by atoms with Gasteiger partial charge in [0.15, 0.2) is 17.3 Å². The number of Topliss-reactive ketones (excluding diaryl/α,β-unsaturated/α-hetero) is 1. The number of carbonyl (C=O) groups is 2. The summed E-state index contributed by atoms with van der Waals surface area (Å²) in [5.74, 6) is -0.936. The molecule has 4 rings (SSSR count). The smallest absolute Gasteiger partial charge is 0.336 e. The van der Waals surface area contributed by atoms with E-state index in [1.807, 2.05) is 44.2 Å². The van der Waals surface area contributed by atoms with Crippen LogP contribution in [-0.2, 0) is 19.1 Å². The van der Waals surface area contributed by atoms with Crippen molar-refractivity contribution in [3.8, 4) is 11.5 Å². The van der Waals surface area contributed by atoms with Crippen LogP contribution in [0.4, 0.5) is 0 Å². The van der Waals surface area contributed by atoms with Crippen LogP contribution < -0.4 is 10.1 Å². The first-order valence-corrected chi connectivity index (χ1v) is 12.7. The Morgan fingerprint density at radius 2 is 1.89 bits per heavy atom. The zero-order chi connectivity index (χ0) is 25.8. The minimum absolute atomic E-state index is 0.0283. The highest BCUT2D eigenvalue weighted by Crippen LogP contribution is 2.48. The third-order valence-corrected chi connectivity index (χ3v) is 7.13. The summed E-state index contributed by atoms with van der Waals surface area (Å²) in [6, 6.07) is 13.4. The molecule has 0 spiro atoms. The molecule has 7 nitrogen and oxygen atoms in total. The van der Waals surface area contributed by atoms with E-state index < -0.39 is 11.9 Å². The summed E-state index contributed by atoms with van der Waals surface area (Å²) < 4.78 is 16.6. The normalized spacial score (nSPS) is 19.6. The number of ketones is 1. The van der Waals surface area contributed by atoms with Crippen molar-refractivity contribution < 1.29 is 28.9 Å². The number of halogens is 1. The Kier molecular flexibility index (Phi) is 8.16. The van der Waals surface area contributed by atoms with E-state index in [0.717, 1.165) is 11.3 Å². The Bertz CT molecular complexity index is 1220. The fourth-order valence-electron chi connectivity index (χ4n) is 4.93. The average molecular weight is 556 g/mol. The standard InChI is InChI=1S/C28H30BrNO6/c1-4-35-23-15-19(12-20(29)27(23)32)25-24(28(33)36-11-10-34-3)16(2)30-21-13-18(14-22(31)26(21)25)17-8-6-5-7-9-17/h5-9,12,15,18,25,30,32H,4,10-11,13-14H2,1-3H3/t18-,25-/m0/s1. The third-order valence-electron chi connectivity index (χ3n) is 6.52. The molecule has 1 aliphatic heterocycles. The maximum Gasteiger partial charge on any atom is 0.336 e. The quantitative estimate of drug-likeness (QED) is 0.345. The summed E-state index contributed by atoms with van der Waals surface area (Å²) in [6.45, 7) is 4.35. The predicted octanol–water partition coefficient (Wildman–Crippen LogP) is 5.10. The lowest BCUT2D eigenvalue weighted by Gasteiger charge is -2.37. The number of esters is 1. The monoisotopic (exact) mass is 555 g/mol. The Hall–Kier alpha value is -3.10. The SMILES string of the molecule is CCOc1cc([C@H]2C(C(=O)OCCOC)=C(C)NC3=C2C(=O)C[C@@H](c2ccccc2)C3)cc(Br)c1O. The van der Waals surface area contributed by atoms with Gasteiger partial charge in [0.2, 0.25) is 0 Å². The Labute approximate surface area is 219 Å². The molecule has 8 heteroatoms. The van der Waals surface area contributed by atoms with Crippen LogP contribution in [0.2, 0.25) is 0 Å². The molecule has 36 heavy (non-hydrogen) atoms. The summed E-state index contributed by atoms with van der Waals surface area (Å²) >= 11 is 3.40. The van der Waals surface area contributed by atoms with Gasteiger partial charge in [-0.15, -0.1) is 0 Å². The van der Waals surface area contributed by atoms with E-state index in [9.17, 15) is 14.7 Å². The van der Waals surface area contributed by atoms with Crippen LogP contribution in [0.15, 0.2) is 69.5 Å². The summed E-state index contributed by atoms with van der Waals surface area (Å²) in [6.07, 6.45) is 0.978. The van der Waals surface area contributed by atoms with Crippen LogP contribution in [0.3, 0.4) is 0 Å². The van der Waals surface area contributed by atoms with Gasteiger partial charge in [-0.3, -0.25) is 4.79 Å². The van der Waals surface area contributed by atoms with Crippen LogP contribution >= 0.6 is 15.9 Å². The molecule has 2 aliphatic rings. The Morgan fingerprint density at radius 1 is 1.14 bits per heavy atom. The van der Waals surface area contributed by atoms with Crippen LogP contribution in [0, 0.1) is 0 Å². The number of allylic oxidation sites excluding steroid dienone is 3. The second-order valence-corrected chi connectivity index (χ2v) is 9.69. The highest BCUT2D eigenvalue weighted by molar-refractivity contribution is 9.10. The van der Waals surface area contributed by atoms with Gasteiger partial charge in [-0.25, -0.2) is 4.79 Å². The Balaban J connectivity index is 1.82. The molecular formula is C28H30BrNO6. The van der Waals surface area contributed by atoms with Gasteiger partial charge in [-0.05, 0) is 65.4 Å². The number of hydrogen-bond donors (Lipinski definition) is 2. The van der Waals surface area contributed by atoms with Gasteiger partial charge < -0.3 is 24.6 Å². The van der Waals surface area contributed by atoms with Gasteiger partial charge in [-0.2, -0.15) is 0 Å². The van der Waals surface area contributed by atoms with Gasteiger partial charge >= 0.3 is 5.97 Å². The van der Waals surface area contributed by atoms with E-state index >= 15 is 0 Å². The minimum atomic E-state index is -0.670. The van der Waals surface area contributed by atoms with E-state index in [4.69, 9.17) is 14.2 Å². The van der Waals surface area contributed by atoms with Crippen molar-refractivity contribution in [1.29, 1.82) is 0 Å². The van der Waals surface area contributed by atoms with Gasteiger partial charge in [0.1, 0.15) is 6.61 Å². The minimum Gasteiger partial charge on any atom is -0.503 e. The predicted molar refractivity (Wildman–Crippen MR) is 139 cm³/mol. The number of ether oxygens (including phenoxy) is 3. The largest absolute Gasteiger partial charge is 0.503 e. The lowest BCUT2D eigenvalue weighted by atomic mass is 9.71. The fraction of sp³-hybridized carbons (Fsp3) is 0.357. The molecule has 2 atom stereocenters. The van der Waals surface area contributed by atoms with Crippen molar-refractivity contribution in [3.05, 3.63) is 80.6 Å². The van der Waals surface area contributed by atoms with Gasteiger partial charge in [0, 0.05) is 36.4 Å². The molecule has 1 heterocycles. The third kappa shape index (κ3) is 5.20. The summed E-state index contributed by atoms with van der Waals surface area (Å²) in [7, 11) is 1.54. The van der Waals surface area contributed by atoms with Crippen LogP contribution in [0.25, 0.3) is 0 Å². The number of rotatable bonds is 8. The van der Waals surface area contributed by atoms with Crippen molar-refractivity contribution in [2.45, 2.75) is 38.5 Å². The number of carbonyl (C=O) groups excluding carboxylic acids is 2. The molecule has 2 aromatic rings. The van der Waals surface area contributed by atoms with Crippen molar-refractivity contribution in [3.63, 3.8) is 0 Å². The second kappa shape index (κ2) is 11.3. The molecule has 2 N–H and O–H groups in total. The first-order valence-electron chi connectivity index (χ1n) is 12.0. The summed E-state index contributed by atoms with van der Waals surface area (Å²) in [5, 5.41) is 13.8. The van der Waals surface area contributed by atoms with Gasteiger partial charge in [-0.1, -0.05) is 30.3 Å². The second-order valence-electron chi connectivity index (χ2n) is 8.84. The number of benzene rings is 2. The fourth-order valence-corrected chi connectivity index (χ4v) is 5.38. The lowest BCUT2D eigenvalue weighted by molar-refractivity contribution is -0.140. The topological polar surface area (TPSA) is 94.1 Å². The molecule has 2 aromatic carbocycles. The highest BCUT2D eigenvalue weighted by Gasteiger charge is 2.42. The summed E-state index contributed by atoms with van der Waals surface area (Å²) in [4.78, 5) is 27.0. The van der Waals surface area contributed by atoms with E-state index in [1.165, 1.54) is 7.11 Å². The number of nitrogens with one attached hydrogen (secondary N) is 1. The molecule has 0 unspecified atom stereocenters. The number of hydrogen-bond acceptors (Lipinski definition) is 7. The molecule has 0 fully saturated rings. The molecule has 1 aliphatic carbocycles. The zero-order valence-electron chi connectivity index (χ0n) is 20.6. The van der Waals surface area contributed by atoms with Crippen molar-refractivity contribution in [2.75, 3.05) is 26.9 Å². The number of phenols is 1. The maximum absolute atomic E-state index is 13.7. The number of dihydropyridines is 1. The van der Waals surface area contributed by atoms with Crippen LogP contribution in [0.1, 0.15) is 49.7 Å².